The lowest BCUT2D eigenvalue weighted by atomic mass is 10.1. The lowest BCUT2D eigenvalue weighted by Gasteiger charge is -2.25. The molecule has 8 heteroatoms. The average Bonchev–Trinajstić information content (AvgIpc) is 3.30. The molecule has 0 spiro atoms. The number of furan rings is 1. The van der Waals surface area contributed by atoms with Crippen molar-refractivity contribution in [1.82, 2.24) is 10.2 Å². The van der Waals surface area contributed by atoms with Gasteiger partial charge in [0, 0.05) is 19.5 Å². The van der Waals surface area contributed by atoms with Gasteiger partial charge in [-0.2, -0.15) is 0 Å². The fourth-order valence-electron chi connectivity index (χ4n) is 2.86. The van der Waals surface area contributed by atoms with Gasteiger partial charge >= 0.3 is 6.03 Å². The minimum Gasteiger partial charge on any atom is -0.497 e. The summed E-state index contributed by atoms with van der Waals surface area (Å²) >= 11 is 5.82. The normalized spacial score (nSPS) is 15.8. The maximum atomic E-state index is 12.5. The standard InChI is InChI=1S/C19H22ClN3O4/c1-3-21-19(24)23(11-13-5-4-6-14(9-13)25-2)12-15-10-16(22-27-15)17-7-8-18(20)26-17/h4-9,15H,3,10-12H2,1-2H3,(H,21,24). The fourth-order valence-corrected chi connectivity index (χ4v) is 3.01. The van der Waals surface area contributed by atoms with Crippen LogP contribution < -0.4 is 10.1 Å². The van der Waals surface area contributed by atoms with Crippen LogP contribution in [0, 0.1) is 0 Å². The second-order valence-corrected chi connectivity index (χ2v) is 6.51. The van der Waals surface area contributed by atoms with Crippen LogP contribution in [0.4, 0.5) is 4.79 Å². The zero-order valence-electron chi connectivity index (χ0n) is 15.3. The van der Waals surface area contributed by atoms with Crippen molar-refractivity contribution in [3.63, 3.8) is 0 Å². The summed E-state index contributed by atoms with van der Waals surface area (Å²) < 4.78 is 10.6. The smallest absolute Gasteiger partial charge is 0.317 e. The molecule has 2 aromatic rings. The molecule has 0 aliphatic carbocycles. The number of halogens is 1. The summed E-state index contributed by atoms with van der Waals surface area (Å²) in [6.45, 7) is 3.26. The molecule has 1 aliphatic heterocycles. The highest BCUT2D eigenvalue weighted by Gasteiger charge is 2.28. The van der Waals surface area contributed by atoms with E-state index in [-0.39, 0.29) is 12.1 Å². The number of nitrogens with zero attached hydrogens (tertiary/aromatic N) is 2. The van der Waals surface area contributed by atoms with E-state index in [1.165, 1.54) is 0 Å². The van der Waals surface area contributed by atoms with E-state index < -0.39 is 0 Å². The molecule has 3 rings (SSSR count). The second kappa shape index (κ2) is 8.81. The van der Waals surface area contributed by atoms with Crippen LogP contribution in [-0.4, -0.2) is 42.9 Å². The number of urea groups is 1. The molecule has 1 aliphatic rings. The van der Waals surface area contributed by atoms with Crippen LogP contribution in [0.2, 0.25) is 5.22 Å². The summed E-state index contributed by atoms with van der Waals surface area (Å²) in [5.74, 6) is 1.33. The Morgan fingerprint density at radius 2 is 2.26 bits per heavy atom. The van der Waals surface area contributed by atoms with Gasteiger partial charge in [-0.05, 0) is 48.4 Å². The second-order valence-electron chi connectivity index (χ2n) is 6.14. The van der Waals surface area contributed by atoms with Crippen LogP contribution in [0.5, 0.6) is 5.75 Å². The van der Waals surface area contributed by atoms with Gasteiger partial charge in [0.25, 0.3) is 0 Å². The molecule has 0 radical (unpaired) electrons. The summed E-state index contributed by atoms with van der Waals surface area (Å²) in [6.07, 6.45) is 0.287. The van der Waals surface area contributed by atoms with Gasteiger partial charge in [-0.1, -0.05) is 17.3 Å². The summed E-state index contributed by atoms with van der Waals surface area (Å²) in [5, 5.41) is 7.22. The van der Waals surface area contributed by atoms with Gasteiger partial charge in [-0.3, -0.25) is 0 Å². The van der Waals surface area contributed by atoms with Gasteiger partial charge in [0.2, 0.25) is 0 Å². The third-order valence-electron chi connectivity index (χ3n) is 4.14. The van der Waals surface area contributed by atoms with Crippen LogP contribution in [0.3, 0.4) is 0 Å². The van der Waals surface area contributed by atoms with Crippen LogP contribution >= 0.6 is 11.6 Å². The van der Waals surface area contributed by atoms with Crippen molar-refractivity contribution in [3.05, 3.63) is 52.9 Å². The third-order valence-corrected chi connectivity index (χ3v) is 4.34. The van der Waals surface area contributed by atoms with Gasteiger partial charge in [-0.25, -0.2) is 4.79 Å². The van der Waals surface area contributed by atoms with E-state index in [4.69, 9.17) is 25.6 Å². The number of rotatable bonds is 7. The number of carbonyl (C=O) groups excluding carboxylic acids is 1. The van der Waals surface area contributed by atoms with Crippen molar-refractivity contribution in [1.29, 1.82) is 0 Å². The van der Waals surface area contributed by atoms with Crippen molar-refractivity contribution < 1.29 is 18.8 Å². The average molecular weight is 392 g/mol. The topological polar surface area (TPSA) is 76.3 Å². The monoisotopic (exact) mass is 391 g/mol. The van der Waals surface area contributed by atoms with Crippen molar-refractivity contribution in [2.45, 2.75) is 26.0 Å². The SMILES string of the molecule is CCNC(=O)N(Cc1cccc(OC)c1)CC1CC(c2ccc(Cl)o2)=NO1. The molecule has 0 bridgehead atoms. The van der Waals surface area contributed by atoms with Crippen LogP contribution in [0.15, 0.2) is 46.0 Å². The number of amides is 2. The number of ether oxygens (including phenoxy) is 1. The molecule has 144 valence electrons. The molecule has 0 fully saturated rings. The first-order valence-corrected chi connectivity index (χ1v) is 9.11. The minimum atomic E-state index is -0.253. The van der Waals surface area contributed by atoms with Gasteiger partial charge in [0.15, 0.2) is 17.1 Å². The molecule has 2 amide bonds. The van der Waals surface area contributed by atoms with Crippen LogP contribution in [0.1, 0.15) is 24.7 Å². The Morgan fingerprint density at radius 3 is 2.96 bits per heavy atom. The molecule has 0 saturated heterocycles. The van der Waals surface area contributed by atoms with E-state index in [2.05, 4.69) is 10.5 Å². The zero-order valence-corrected chi connectivity index (χ0v) is 16.0. The molecule has 1 aromatic carbocycles. The predicted molar refractivity (Wildman–Crippen MR) is 102 cm³/mol. The van der Waals surface area contributed by atoms with Crippen molar-refractivity contribution in [2.24, 2.45) is 5.16 Å². The first-order chi connectivity index (χ1) is 13.1. The van der Waals surface area contributed by atoms with Gasteiger partial charge in [0.05, 0.1) is 13.7 Å². The number of hydrogen-bond donors (Lipinski definition) is 1. The summed E-state index contributed by atoms with van der Waals surface area (Å²) in [5.41, 5.74) is 1.65. The Labute approximate surface area is 162 Å². The van der Waals surface area contributed by atoms with Crippen LogP contribution in [0.25, 0.3) is 0 Å². The first kappa shape index (κ1) is 19.1. The van der Waals surface area contributed by atoms with Crippen molar-refractivity contribution >= 4 is 23.3 Å². The lowest BCUT2D eigenvalue weighted by Crippen LogP contribution is -2.43. The Kier molecular flexibility index (Phi) is 6.24. The molecule has 1 atom stereocenters. The van der Waals surface area contributed by atoms with E-state index in [0.717, 1.165) is 11.3 Å². The molecule has 27 heavy (non-hydrogen) atoms. The third kappa shape index (κ3) is 4.95. The number of hydrogen-bond acceptors (Lipinski definition) is 5. The van der Waals surface area contributed by atoms with Crippen LogP contribution in [-0.2, 0) is 11.4 Å². The number of benzene rings is 1. The van der Waals surface area contributed by atoms with E-state index in [0.29, 0.717) is 42.7 Å². The maximum absolute atomic E-state index is 12.5. The molecule has 2 heterocycles. The molecule has 7 nitrogen and oxygen atoms in total. The van der Waals surface area contributed by atoms with E-state index >= 15 is 0 Å². The summed E-state index contributed by atoms with van der Waals surface area (Å²) in [6, 6.07) is 10.9. The fraction of sp³-hybridized carbons (Fsp3) is 0.368. The molecule has 1 unspecified atom stereocenters. The van der Waals surface area contributed by atoms with E-state index in [1.54, 1.807) is 24.1 Å². The highest BCUT2D eigenvalue weighted by atomic mass is 35.5. The van der Waals surface area contributed by atoms with Crippen molar-refractivity contribution in [3.8, 4) is 5.75 Å². The Hall–Kier alpha value is -2.67. The summed E-state index contributed by atoms with van der Waals surface area (Å²) in [4.78, 5) is 19.7. The Morgan fingerprint density at radius 1 is 1.41 bits per heavy atom. The molecule has 1 N–H and O–H groups in total. The van der Waals surface area contributed by atoms with Gasteiger partial charge < -0.3 is 24.2 Å². The first-order valence-electron chi connectivity index (χ1n) is 8.73. The van der Waals surface area contributed by atoms with Gasteiger partial charge in [-0.15, -0.1) is 0 Å². The molecular weight excluding hydrogens is 370 g/mol. The summed E-state index contributed by atoms with van der Waals surface area (Å²) in [7, 11) is 1.62. The van der Waals surface area contributed by atoms with Crippen molar-refractivity contribution in [2.75, 3.05) is 20.2 Å². The Balaban J connectivity index is 1.66. The van der Waals surface area contributed by atoms with Gasteiger partial charge in [0.1, 0.15) is 11.5 Å². The maximum Gasteiger partial charge on any atom is 0.317 e. The number of oxime groups is 1. The molecule has 1 aromatic heterocycles. The number of nitrogens with one attached hydrogen (secondary N) is 1. The quantitative estimate of drug-likeness (QED) is 0.781. The largest absolute Gasteiger partial charge is 0.497 e. The van der Waals surface area contributed by atoms with E-state index in [1.807, 2.05) is 31.2 Å². The number of carbonyl (C=O) groups is 1. The zero-order chi connectivity index (χ0) is 19.2. The Bertz CT molecular complexity index is 821. The molecule has 0 saturated carbocycles. The lowest BCUT2D eigenvalue weighted by molar-refractivity contribution is 0.0590. The highest BCUT2D eigenvalue weighted by Crippen LogP contribution is 2.22. The minimum absolute atomic E-state index is 0.154. The predicted octanol–water partition coefficient (Wildman–Crippen LogP) is 3.67. The van der Waals surface area contributed by atoms with E-state index in [9.17, 15) is 4.79 Å². The number of methoxy groups -OCH3 is 1. The molecular formula is C19H22ClN3O4. The highest BCUT2D eigenvalue weighted by molar-refractivity contribution is 6.29.